The first-order valence-electron chi connectivity index (χ1n) is 21.7. The van der Waals surface area contributed by atoms with E-state index in [2.05, 4.69) is 229 Å². The monoisotopic (exact) mass is 783 g/mol. The van der Waals surface area contributed by atoms with Crippen molar-refractivity contribution in [2.45, 2.75) is 5.41 Å². The second-order valence-corrected chi connectivity index (χ2v) is 17.1. The molecular weight excluding hydrogens is 747 g/mol. The quantitative estimate of drug-likeness (QED) is 0.157. The summed E-state index contributed by atoms with van der Waals surface area (Å²) in [6.07, 6.45) is 0. The molecule has 1 heteroatoms. The molecule has 0 amide bonds. The normalized spacial score (nSPS) is 13.3. The van der Waals surface area contributed by atoms with E-state index >= 15 is 0 Å². The molecule has 0 fully saturated rings. The molecule has 1 nitrogen and oxygen atoms in total. The summed E-state index contributed by atoms with van der Waals surface area (Å²) < 4.78 is 2.43. The molecule has 11 aromatic carbocycles. The first kappa shape index (κ1) is 33.8. The average molecular weight is 784 g/mol. The number of nitrogens with zero attached hydrogens (tertiary/aromatic N) is 1. The van der Waals surface area contributed by atoms with Crippen LogP contribution in [0.25, 0.3) is 104 Å². The summed E-state index contributed by atoms with van der Waals surface area (Å²) in [7, 11) is 0. The Kier molecular flexibility index (Phi) is 6.82. The number of benzene rings is 11. The van der Waals surface area contributed by atoms with Gasteiger partial charge in [-0.25, -0.2) is 0 Å². The Morgan fingerprint density at radius 2 is 0.710 bits per heavy atom. The maximum absolute atomic E-state index is 2.43. The van der Waals surface area contributed by atoms with Gasteiger partial charge in [-0.2, -0.15) is 0 Å². The number of aromatic nitrogens is 1. The van der Waals surface area contributed by atoms with Crippen LogP contribution in [0.4, 0.5) is 0 Å². The van der Waals surface area contributed by atoms with Gasteiger partial charge in [-0.15, -0.1) is 0 Å². The van der Waals surface area contributed by atoms with E-state index in [4.69, 9.17) is 0 Å². The van der Waals surface area contributed by atoms with Crippen molar-refractivity contribution in [1.29, 1.82) is 0 Å². The van der Waals surface area contributed by atoms with Crippen molar-refractivity contribution in [3.05, 3.63) is 247 Å². The zero-order valence-electron chi connectivity index (χ0n) is 33.8. The van der Waals surface area contributed by atoms with E-state index in [9.17, 15) is 0 Å². The standard InChI is InChI=1S/C61H37N/c1-2-18-44-43(17-1)45-33-31-39(36-52(45)46-34-32-41(37-53(44)46)62-58-29-11-6-21-49(58)50-22-7-12-30-59(50)62)38-15-13-16-40(35-38)42-24-14-28-57-60(42)51-23-5-10-27-56(51)61(57)54-25-8-3-19-47(54)48-20-4-9-26-55(48)61/h1-37H. The van der Waals surface area contributed by atoms with Crippen molar-refractivity contribution in [1.82, 2.24) is 4.57 Å². The fraction of sp³-hybridized carbons (Fsp3) is 0.0164. The third kappa shape index (κ3) is 4.37. The number of hydrogen-bond acceptors (Lipinski definition) is 0. The molecule has 2 aliphatic carbocycles. The number of rotatable bonds is 3. The maximum Gasteiger partial charge on any atom is 0.0725 e. The summed E-state index contributed by atoms with van der Waals surface area (Å²) in [6, 6.07) is 84.0. The second-order valence-electron chi connectivity index (χ2n) is 17.1. The van der Waals surface area contributed by atoms with Gasteiger partial charge in [0.15, 0.2) is 0 Å². The zero-order valence-corrected chi connectivity index (χ0v) is 33.8. The van der Waals surface area contributed by atoms with Gasteiger partial charge < -0.3 is 4.57 Å². The summed E-state index contributed by atoms with van der Waals surface area (Å²) in [6.45, 7) is 0. The highest BCUT2D eigenvalue weighted by atomic mass is 15.0. The van der Waals surface area contributed by atoms with Crippen molar-refractivity contribution >= 4 is 54.1 Å². The first-order chi connectivity index (χ1) is 30.8. The van der Waals surface area contributed by atoms with Crippen LogP contribution in [0.15, 0.2) is 224 Å². The molecule has 14 rings (SSSR count). The number of para-hydroxylation sites is 2. The van der Waals surface area contributed by atoms with Gasteiger partial charge in [-0.1, -0.05) is 188 Å². The van der Waals surface area contributed by atoms with E-state index in [-0.39, 0.29) is 5.41 Å². The molecule has 0 unspecified atom stereocenters. The molecule has 0 saturated heterocycles. The Labute approximate surface area is 359 Å². The molecule has 12 aromatic rings. The Morgan fingerprint density at radius 3 is 1.42 bits per heavy atom. The predicted octanol–water partition coefficient (Wildman–Crippen LogP) is 15.9. The van der Waals surface area contributed by atoms with Gasteiger partial charge in [0.25, 0.3) is 0 Å². The van der Waals surface area contributed by atoms with Crippen LogP contribution in [0.3, 0.4) is 0 Å². The van der Waals surface area contributed by atoms with Gasteiger partial charge in [0.05, 0.1) is 16.4 Å². The lowest BCUT2D eigenvalue weighted by Crippen LogP contribution is -2.25. The minimum Gasteiger partial charge on any atom is -0.309 e. The molecule has 0 saturated carbocycles. The minimum absolute atomic E-state index is 0.365. The summed E-state index contributed by atoms with van der Waals surface area (Å²) in [5, 5.41) is 10.2. The minimum atomic E-state index is -0.365. The third-order valence-corrected chi connectivity index (χ3v) is 14.2. The summed E-state index contributed by atoms with van der Waals surface area (Å²) in [4.78, 5) is 0. The van der Waals surface area contributed by atoms with Crippen molar-refractivity contribution < 1.29 is 0 Å². The van der Waals surface area contributed by atoms with Crippen molar-refractivity contribution in [3.63, 3.8) is 0 Å². The van der Waals surface area contributed by atoms with Crippen LogP contribution in [0, 0.1) is 0 Å². The van der Waals surface area contributed by atoms with Gasteiger partial charge in [0, 0.05) is 16.5 Å². The summed E-state index contributed by atoms with van der Waals surface area (Å²) in [5.74, 6) is 0. The fourth-order valence-corrected chi connectivity index (χ4v) is 11.7. The molecule has 0 N–H and O–H groups in total. The Bertz CT molecular complexity index is 3780. The van der Waals surface area contributed by atoms with Gasteiger partial charge in [0.2, 0.25) is 0 Å². The van der Waals surface area contributed by atoms with Crippen molar-refractivity contribution in [2.24, 2.45) is 0 Å². The molecular formula is C61H37N. The van der Waals surface area contributed by atoms with E-state index < -0.39 is 0 Å². The lowest BCUT2D eigenvalue weighted by Gasteiger charge is -2.30. The van der Waals surface area contributed by atoms with Gasteiger partial charge in [0.1, 0.15) is 0 Å². The van der Waals surface area contributed by atoms with Crippen molar-refractivity contribution in [3.8, 4) is 50.2 Å². The van der Waals surface area contributed by atoms with Gasteiger partial charge in [-0.3, -0.25) is 0 Å². The Hall–Kier alpha value is -8.00. The van der Waals surface area contributed by atoms with E-state index in [0.717, 1.165) is 0 Å². The average Bonchev–Trinajstić information content (AvgIpc) is 3.96. The second kappa shape index (κ2) is 12.5. The van der Waals surface area contributed by atoms with E-state index in [0.29, 0.717) is 0 Å². The topological polar surface area (TPSA) is 4.93 Å². The summed E-state index contributed by atoms with van der Waals surface area (Å²) in [5.41, 5.74) is 19.0. The Morgan fingerprint density at radius 1 is 0.258 bits per heavy atom. The molecule has 0 atom stereocenters. The van der Waals surface area contributed by atoms with Crippen LogP contribution in [-0.2, 0) is 5.41 Å². The lowest BCUT2D eigenvalue weighted by atomic mass is 9.70. The predicted molar refractivity (Wildman–Crippen MR) is 260 cm³/mol. The molecule has 0 radical (unpaired) electrons. The SMILES string of the molecule is c1cc(-c2ccc3c4ccccc4c4cc(-n5c6ccccc6c6ccccc65)ccc4c3c2)cc(-c2cccc3c2-c2ccccc2C32c3ccccc3-c3ccccc32)c1. The van der Waals surface area contributed by atoms with E-state index in [1.807, 2.05) is 0 Å². The van der Waals surface area contributed by atoms with Crippen LogP contribution >= 0.6 is 0 Å². The maximum atomic E-state index is 2.43. The van der Waals surface area contributed by atoms with Crippen LogP contribution in [0.2, 0.25) is 0 Å². The smallest absolute Gasteiger partial charge is 0.0725 e. The van der Waals surface area contributed by atoms with E-state index in [1.165, 1.54) is 127 Å². The Balaban J connectivity index is 0.952. The molecule has 62 heavy (non-hydrogen) atoms. The number of fused-ring (bicyclic) bond motifs is 19. The lowest BCUT2D eigenvalue weighted by molar-refractivity contribution is 0.794. The van der Waals surface area contributed by atoms with Crippen molar-refractivity contribution in [2.75, 3.05) is 0 Å². The molecule has 1 spiro atoms. The highest BCUT2D eigenvalue weighted by Crippen LogP contribution is 2.64. The first-order valence-corrected chi connectivity index (χ1v) is 21.7. The fourth-order valence-electron chi connectivity index (χ4n) is 11.7. The van der Waals surface area contributed by atoms with Gasteiger partial charge >= 0.3 is 0 Å². The van der Waals surface area contributed by atoms with E-state index in [1.54, 1.807) is 0 Å². The molecule has 286 valence electrons. The number of hydrogen-bond donors (Lipinski definition) is 0. The molecule has 2 aliphatic rings. The summed E-state index contributed by atoms with van der Waals surface area (Å²) >= 11 is 0. The van der Waals surface area contributed by atoms with Crippen LogP contribution in [0.1, 0.15) is 22.3 Å². The molecule has 1 heterocycles. The molecule has 0 bridgehead atoms. The zero-order chi connectivity index (χ0) is 40.5. The molecule has 0 aliphatic heterocycles. The van der Waals surface area contributed by atoms with Crippen LogP contribution in [0.5, 0.6) is 0 Å². The van der Waals surface area contributed by atoms with Gasteiger partial charge in [-0.05, 0) is 135 Å². The highest BCUT2D eigenvalue weighted by molar-refractivity contribution is 6.26. The van der Waals surface area contributed by atoms with Crippen LogP contribution < -0.4 is 0 Å². The van der Waals surface area contributed by atoms with Crippen LogP contribution in [-0.4, -0.2) is 4.57 Å². The third-order valence-electron chi connectivity index (χ3n) is 14.2. The molecule has 1 aromatic heterocycles. The largest absolute Gasteiger partial charge is 0.309 e. The highest BCUT2D eigenvalue weighted by Gasteiger charge is 2.51.